The maximum Gasteiger partial charge on any atom is 0.265 e. The van der Waals surface area contributed by atoms with Crippen LogP contribution < -0.4 is 10.1 Å². The molecule has 2 aromatic rings. The van der Waals surface area contributed by atoms with Crippen LogP contribution in [0, 0.1) is 10.5 Å². The molecule has 8 heteroatoms. The number of ether oxygens (including phenoxy) is 1. The van der Waals surface area contributed by atoms with Crippen molar-refractivity contribution in [2.75, 3.05) is 19.4 Å². The minimum Gasteiger partial charge on any atom is -0.481 e. The second-order valence-electron chi connectivity index (χ2n) is 5.97. The standard InChI is InChI=1S/C18H21IN2O4S/c1-12-5-10-16(26(23,24)21(3)4)11-17(12)20-18(22)13(2)25-15-8-6-14(19)7-9-15/h5-11,13H,1-4H3,(H,20,22)/t13-/m0/s1. The average molecular weight is 488 g/mol. The van der Waals surface area contributed by atoms with E-state index in [4.69, 9.17) is 4.74 Å². The topological polar surface area (TPSA) is 75.7 Å². The monoisotopic (exact) mass is 488 g/mol. The van der Waals surface area contributed by atoms with Crippen molar-refractivity contribution in [3.05, 3.63) is 51.6 Å². The van der Waals surface area contributed by atoms with Gasteiger partial charge in [0.05, 0.1) is 4.90 Å². The molecule has 140 valence electrons. The molecule has 1 atom stereocenters. The zero-order chi connectivity index (χ0) is 19.5. The van der Waals surface area contributed by atoms with Gasteiger partial charge in [0.2, 0.25) is 10.0 Å². The first-order valence-corrected chi connectivity index (χ1v) is 10.4. The van der Waals surface area contributed by atoms with Crippen molar-refractivity contribution in [1.29, 1.82) is 0 Å². The molecule has 0 aliphatic heterocycles. The van der Waals surface area contributed by atoms with Gasteiger partial charge in [-0.25, -0.2) is 12.7 Å². The van der Waals surface area contributed by atoms with Crippen LogP contribution in [0.3, 0.4) is 0 Å². The molecule has 0 aliphatic carbocycles. The van der Waals surface area contributed by atoms with Crippen LogP contribution in [-0.4, -0.2) is 38.8 Å². The van der Waals surface area contributed by atoms with Crippen molar-refractivity contribution in [3.8, 4) is 5.75 Å². The van der Waals surface area contributed by atoms with Crippen molar-refractivity contribution >= 4 is 44.2 Å². The van der Waals surface area contributed by atoms with Crippen LogP contribution in [0.15, 0.2) is 47.4 Å². The lowest BCUT2D eigenvalue weighted by atomic mass is 10.2. The van der Waals surface area contributed by atoms with E-state index in [2.05, 4.69) is 27.9 Å². The zero-order valence-electron chi connectivity index (χ0n) is 15.0. The van der Waals surface area contributed by atoms with Gasteiger partial charge >= 0.3 is 0 Å². The number of amides is 1. The first kappa shape index (κ1) is 20.7. The highest BCUT2D eigenvalue weighted by Crippen LogP contribution is 2.22. The molecule has 0 unspecified atom stereocenters. The third-order valence-electron chi connectivity index (χ3n) is 3.74. The number of anilines is 1. The Morgan fingerprint density at radius 3 is 2.35 bits per heavy atom. The molecule has 0 saturated heterocycles. The van der Waals surface area contributed by atoms with Gasteiger partial charge in [-0.2, -0.15) is 0 Å². The number of aryl methyl sites for hydroxylation is 1. The van der Waals surface area contributed by atoms with Crippen LogP contribution in [0.2, 0.25) is 0 Å². The normalized spacial score (nSPS) is 12.7. The van der Waals surface area contributed by atoms with E-state index in [-0.39, 0.29) is 10.8 Å². The molecular formula is C18H21IN2O4S. The molecule has 1 N–H and O–H groups in total. The Morgan fingerprint density at radius 2 is 1.77 bits per heavy atom. The highest BCUT2D eigenvalue weighted by molar-refractivity contribution is 14.1. The van der Waals surface area contributed by atoms with Crippen molar-refractivity contribution < 1.29 is 17.9 Å². The van der Waals surface area contributed by atoms with E-state index in [9.17, 15) is 13.2 Å². The van der Waals surface area contributed by atoms with E-state index in [1.165, 1.54) is 26.2 Å². The lowest BCUT2D eigenvalue weighted by Crippen LogP contribution is -2.30. The number of halogens is 1. The minimum atomic E-state index is -3.57. The smallest absolute Gasteiger partial charge is 0.265 e. The van der Waals surface area contributed by atoms with Crippen LogP contribution in [0.1, 0.15) is 12.5 Å². The fourth-order valence-corrected chi connectivity index (χ4v) is 3.40. The maximum absolute atomic E-state index is 12.4. The molecule has 0 bridgehead atoms. The fraction of sp³-hybridized carbons (Fsp3) is 0.278. The molecule has 1 amide bonds. The van der Waals surface area contributed by atoms with E-state index >= 15 is 0 Å². The van der Waals surface area contributed by atoms with Gasteiger partial charge in [-0.05, 0) is 78.4 Å². The quantitative estimate of drug-likeness (QED) is 0.634. The molecule has 0 heterocycles. The Morgan fingerprint density at radius 1 is 1.15 bits per heavy atom. The number of hydrogen-bond donors (Lipinski definition) is 1. The zero-order valence-corrected chi connectivity index (χ0v) is 18.0. The van der Waals surface area contributed by atoms with Gasteiger partial charge < -0.3 is 10.1 Å². The van der Waals surface area contributed by atoms with E-state index in [1.54, 1.807) is 32.0 Å². The van der Waals surface area contributed by atoms with Crippen LogP contribution in [-0.2, 0) is 14.8 Å². The van der Waals surface area contributed by atoms with E-state index in [1.807, 2.05) is 12.1 Å². The largest absolute Gasteiger partial charge is 0.481 e. The molecule has 0 aromatic heterocycles. The number of rotatable bonds is 6. The van der Waals surface area contributed by atoms with Gasteiger partial charge in [0, 0.05) is 23.4 Å². The van der Waals surface area contributed by atoms with Crippen LogP contribution >= 0.6 is 22.6 Å². The maximum atomic E-state index is 12.4. The first-order valence-electron chi connectivity index (χ1n) is 7.87. The Bertz CT molecular complexity index is 896. The first-order chi connectivity index (χ1) is 12.1. The number of sulfonamides is 1. The van der Waals surface area contributed by atoms with E-state index in [0.717, 1.165) is 13.4 Å². The number of nitrogens with zero attached hydrogens (tertiary/aromatic N) is 1. The summed E-state index contributed by atoms with van der Waals surface area (Å²) in [6.45, 7) is 3.44. The molecule has 0 aliphatic rings. The van der Waals surface area contributed by atoms with Crippen molar-refractivity contribution in [3.63, 3.8) is 0 Å². The summed E-state index contributed by atoms with van der Waals surface area (Å²) in [4.78, 5) is 12.6. The molecule has 0 radical (unpaired) electrons. The predicted molar refractivity (Wildman–Crippen MR) is 110 cm³/mol. The van der Waals surface area contributed by atoms with Gasteiger partial charge in [0.25, 0.3) is 5.91 Å². The third kappa shape index (κ3) is 4.95. The Balaban J connectivity index is 2.16. The van der Waals surface area contributed by atoms with Gasteiger partial charge in [-0.15, -0.1) is 0 Å². The lowest BCUT2D eigenvalue weighted by Gasteiger charge is -2.17. The van der Waals surface area contributed by atoms with E-state index < -0.39 is 16.1 Å². The van der Waals surface area contributed by atoms with Gasteiger partial charge in [-0.1, -0.05) is 6.07 Å². The summed E-state index contributed by atoms with van der Waals surface area (Å²) in [7, 11) is -0.649. The molecule has 0 fully saturated rings. The number of nitrogens with one attached hydrogen (secondary N) is 1. The SMILES string of the molecule is Cc1ccc(S(=O)(=O)N(C)C)cc1NC(=O)[C@H](C)Oc1ccc(I)cc1. The Kier molecular flexibility index (Phi) is 6.64. The molecule has 0 spiro atoms. The van der Waals surface area contributed by atoms with Crippen molar-refractivity contribution in [1.82, 2.24) is 4.31 Å². The highest BCUT2D eigenvalue weighted by Gasteiger charge is 2.20. The minimum absolute atomic E-state index is 0.120. The molecule has 0 saturated carbocycles. The number of carbonyl (C=O) groups excluding carboxylic acids is 1. The summed E-state index contributed by atoms with van der Waals surface area (Å²) in [5.41, 5.74) is 1.20. The second kappa shape index (κ2) is 8.36. The molecule has 2 aromatic carbocycles. The van der Waals surface area contributed by atoms with Gasteiger partial charge in [0.1, 0.15) is 5.75 Å². The number of benzene rings is 2. The molecule has 2 rings (SSSR count). The molecule has 26 heavy (non-hydrogen) atoms. The third-order valence-corrected chi connectivity index (χ3v) is 6.27. The second-order valence-corrected chi connectivity index (χ2v) is 9.36. The summed E-state index contributed by atoms with van der Waals surface area (Å²) < 4.78 is 32.4. The van der Waals surface area contributed by atoms with Gasteiger partial charge in [0.15, 0.2) is 6.10 Å². The summed E-state index contributed by atoms with van der Waals surface area (Å²) >= 11 is 2.19. The summed E-state index contributed by atoms with van der Waals surface area (Å²) in [6, 6.07) is 12.0. The molecule has 6 nitrogen and oxygen atoms in total. The molecular weight excluding hydrogens is 467 g/mol. The van der Waals surface area contributed by atoms with E-state index in [0.29, 0.717) is 11.4 Å². The summed E-state index contributed by atoms with van der Waals surface area (Å²) in [5.74, 6) is 0.236. The highest BCUT2D eigenvalue weighted by atomic mass is 127. The lowest BCUT2D eigenvalue weighted by molar-refractivity contribution is -0.122. The Hall–Kier alpha value is -1.65. The van der Waals surface area contributed by atoms with Gasteiger partial charge in [-0.3, -0.25) is 4.79 Å². The van der Waals surface area contributed by atoms with Crippen LogP contribution in [0.4, 0.5) is 5.69 Å². The summed E-state index contributed by atoms with van der Waals surface area (Å²) in [5, 5.41) is 2.74. The fourth-order valence-electron chi connectivity index (χ4n) is 2.11. The summed E-state index contributed by atoms with van der Waals surface area (Å²) in [6.07, 6.45) is -0.733. The van der Waals surface area contributed by atoms with Crippen LogP contribution in [0.25, 0.3) is 0 Å². The number of hydrogen-bond acceptors (Lipinski definition) is 4. The number of carbonyl (C=O) groups is 1. The van der Waals surface area contributed by atoms with Crippen LogP contribution in [0.5, 0.6) is 5.75 Å². The average Bonchev–Trinajstić information content (AvgIpc) is 2.58. The Labute approximate surface area is 167 Å². The van der Waals surface area contributed by atoms with Crippen molar-refractivity contribution in [2.24, 2.45) is 0 Å². The predicted octanol–water partition coefficient (Wildman–Crippen LogP) is 3.26. The van der Waals surface area contributed by atoms with Crippen molar-refractivity contribution in [2.45, 2.75) is 24.8 Å².